The van der Waals surface area contributed by atoms with Gasteiger partial charge in [0.05, 0.1) is 11.5 Å². The molecule has 0 unspecified atom stereocenters. The number of aryl methyl sites for hydroxylation is 1. The Bertz CT molecular complexity index is 497. The molecule has 1 aromatic rings. The molecule has 0 spiro atoms. The molecule has 0 fully saturated rings. The van der Waals surface area contributed by atoms with Gasteiger partial charge in [0, 0.05) is 13.6 Å². The Labute approximate surface area is 109 Å². The Morgan fingerprint density at radius 2 is 2.00 bits per heavy atom. The summed E-state index contributed by atoms with van der Waals surface area (Å²) < 4.78 is 25.9. The second-order valence-electron chi connectivity index (χ2n) is 4.43. The predicted molar refractivity (Wildman–Crippen MR) is 71.8 cm³/mol. The van der Waals surface area contributed by atoms with Crippen LogP contribution in [-0.2, 0) is 16.6 Å². The van der Waals surface area contributed by atoms with Crippen LogP contribution in [0.15, 0.2) is 23.1 Å². The number of nitrogens with zero attached hydrogens (tertiary/aromatic N) is 1. The predicted octanol–water partition coefficient (Wildman–Crippen LogP) is 1.91. The summed E-state index contributed by atoms with van der Waals surface area (Å²) in [6, 6.07) is 4.87. The van der Waals surface area contributed by atoms with Crippen molar-refractivity contribution in [3.05, 3.63) is 29.3 Å². The number of sulfonamides is 1. The highest BCUT2D eigenvalue weighted by atomic mass is 32.2. The average Bonchev–Trinajstić information content (AvgIpc) is 2.36. The SMILES string of the molecule is CCCCN(C)S(=O)(=O)c1ccc(C)c(CO)c1. The van der Waals surface area contributed by atoms with Gasteiger partial charge >= 0.3 is 0 Å². The topological polar surface area (TPSA) is 57.6 Å². The van der Waals surface area contributed by atoms with Crippen molar-refractivity contribution in [1.82, 2.24) is 4.31 Å². The van der Waals surface area contributed by atoms with Crippen molar-refractivity contribution in [2.75, 3.05) is 13.6 Å². The zero-order chi connectivity index (χ0) is 13.8. The number of unbranched alkanes of at least 4 members (excludes halogenated alkanes) is 1. The summed E-state index contributed by atoms with van der Waals surface area (Å²) in [6.45, 7) is 4.24. The Morgan fingerprint density at radius 3 is 2.56 bits per heavy atom. The van der Waals surface area contributed by atoms with Crippen LogP contribution >= 0.6 is 0 Å². The lowest BCUT2D eigenvalue weighted by atomic mass is 10.1. The Hall–Kier alpha value is -0.910. The molecule has 0 aliphatic heterocycles. The van der Waals surface area contributed by atoms with Gasteiger partial charge in [-0.2, -0.15) is 0 Å². The van der Waals surface area contributed by atoms with Crippen molar-refractivity contribution in [3.8, 4) is 0 Å². The third-order valence-corrected chi connectivity index (χ3v) is 4.88. The van der Waals surface area contributed by atoms with E-state index >= 15 is 0 Å². The standard InChI is InChI=1S/C13H21NO3S/c1-4-5-8-14(3)18(16,17)13-7-6-11(2)12(9-13)10-15/h6-7,9,15H,4-5,8,10H2,1-3H3. The second kappa shape index (κ2) is 6.31. The summed E-state index contributed by atoms with van der Waals surface area (Å²) in [7, 11) is -1.85. The molecule has 4 nitrogen and oxygen atoms in total. The van der Waals surface area contributed by atoms with Gasteiger partial charge in [0.1, 0.15) is 0 Å². The molecule has 0 saturated heterocycles. The van der Waals surface area contributed by atoms with E-state index < -0.39 is 10.0 Å². The maximum atomic E-state index is 12.3. The number of rotatable bonds is 6. The summed E-state index contributed by atoms with van der Waals surface area (Å²) in [5.41, 5.74) is 1.55. The third kappa shape index (κ3) is 3.31. The molecular formula is C13H21NO3S. The zero-order valence-corrected chi connectivity index (χ0v) is 12.0. The highest BCUT2D eigenvalue weighted by Crippen LogP contribution is 2.19. The molecule has 1 rings (SSSR count). The molecule has 5 heteroatoms. The molecule has 0 aliphatic rings. The van der Waals surface area contributed by atoms with Crippen molar-refractivity contribution in [2.45, 2.75) is 38.2 Å². The van der Waals surface area contributed by atoms with E-state index in [1.165, 1.54) is 4.31 Å². The van der Waals surface area contributed by atoms with Gasteiger partial charge in [-0.25, -0.2) is 12.7 Å². The number of aliphatic hydroxyl groups excluding tert-OH is 1. The quantitative estimate of drug-likeness (QED) is 0.860. The van der Waals surface area contributed by atoms with Crippen molar-refractivity contribution in [1.29, 1.82) is 0 Å². The van der Waals surface area contributed by atoms with Crippen molar-refractivity contribution < 1.29 is 13.5 Å². The fourth-order valence-corrected chi connectivity index (χ4v) is 2.92. The number of hydrogen-bond donors (Lipinski definition) is 1. The molecule has 0 atom stereocenters. The van der Waals surface area contributed by atoms with Crippen LogP contribution in [-0.4, -0.2) is 31.4 Å². The fraction of sp³-hybridized carbons (Fsp3) is 0.538. The highest BCUT2D eigenvalue weighted by molar-refractivity contribution is 7.89. The van der Waals surface area contributed by atoms with Gasteiger partial charge in [0.2, 0.25) is 10.0 Å². The maximum absolute atomic E-state index is 12.3. The molecule has 0 radical (unpaired) electrons. The first-order chi connectivity index (χ1) is 8.43. The van der Waals surface area contributed by atoms with E-state index in [2.05, 4.69) is 0 Å². The lowest BCUT2D eigenvalue weighted by Crippen LogP contribution is -2.28. The molecule has 1 N–H and O–H groups in total. The van der Waals surface area contributed by atoms with Gasteiger partial charge in [0.25, 0.3) is 0 Å². The third-order valence-electron chi connectivity index (χ3n) is 3.03. The molecular weight excluding hydrogens is 250 g/mol. The Balaban J connectivity index is 3.05. The minimum absolute atomic E-state index is 0.145. The van der Waals surface area contributed by atoms with Crippen LogP contribution in [0.1, 0.15) is 30.9 Å². The van der Waals surface area contributed by atoms with E-state index in [-0.39, 0.29) is 11.5 Å². The first-order valence-corrected chi connectivity index (χ1v) is 7.54. The van der Waals surface area contributed by atoms with Crippen LogP contribution in [0.5, 0.6) is 0 Å². The van der Waals surface area contributed by atoms with Gasteiger partial charge < -0.3 is 5.11 Å². The van der Waals surface area contributed by atoms with Crippen molar-refractivity contribution >= 4 is 10.0 Å². The largest absolute Gasteiger partial charge is 0.392 e. The van der Waals surface area contributed by atoms with E-state index in [1.54, 1.807) is 25.2 Å². The molecule has 102 valence electrons. The van der Waals surface area contributed by atoms with Crippen LogP contribution in [0, 0.1) is 6.92 Å². The average molecular weight is 271 g/mol. The zero-order valence-electron chi connectivity index (χ0n) is 11.2. The van der Waals surface area contributed by atoms with E-state index in [9.17, 15) is 13.5 Å². The van der Waals surface area contributed by atoms with Crippen LogP contribution in [0.3, 0.4) is 0 Å². The van der Waals surface area contributed by atoms with E-state index in [4.69, 9.17) is 0 Å². The van der Waals surface area contributed by atoms with E-state index in [0.29, 0.717) is 12.1 Å². The number of benzene rings is 1. The van der Waals surface area contributed by atoms with Crippen LogP contribution < -0.4 is 0 Å². The Kier molecular flexibility index (Phi) is 5.31. The number of aliphatic hydroxyl groups is 1. The molecule has 0 aromatic heterocycles. The molecule has 0 bridgehead atoms. The van der Waals surface area contributed by atoms with Gasteiger partial charge in [0.15, 0.2) is 0 Å². The highest BCUT2D eigenvalue weighted by Gasteiger charge is 2.20. The van der Waals surface area contributed by atoms with Crippen LogP contribution in [0.25, 0.3) is 0 Å². The smallest absolute Gasteiger partial charge is 0.242 e. The maximum Gasteiger partial charge on any atom is 0.242 e. The monoisotopic (exact) mass is 271 g/mol. The minimum atomic E-state index is -3.44. The van der Waals surface area contributed by atoms with Gasteiger partial charge in [-0.05, 0) is 36.6 Å². The molecule has 18 heavy (non-hydrogen) atoms. The summed E-state index contributed by atoms with van der Waals surface area (Å²) in [4.78, 5) is 0.246. The molecule has 0 saturated carbocycles. The Morgan fingerprint density at radius 1 is 1.33 bits per heavy atom. The van der Waals surface area contributed by atoms with Crippen LogP contribution in [0.2, 0.25) is 0 Å². The van der Waals surface area contributed by atoms with Crippen molar-refractivity contribution in [3.63, 3.8) is 0 Å². The molecule has 0 aliphatic carbocycles. The lowest BCUT2D eigenvalue weighted by Gasteiger charge is -2.17. The van der Waals surface area contributed by atoms with Crippen molar-refractivity contribution in [2.24, 2.45) is 0 Å². The molecule has 0 amide bonds. The summed E-state index contributed by atoms with van der Waals surface area (Å²) in [5.74, 6) is 0. The minimum Gasteiger partial charge on any atom is -0.392 e. The van der Waals surface area contributed by atoms with Gasteiger partial charge in [-0.1, -0.05) is 19.4 Å². The normalized spacial score (nSPS) is 12.1. The number of hydrogen-bond acceptors (Lipinski definition) is 3. The fourth-order valence-electron chi connectivity index (χ4n) is 1.66. The van der Waals surface area contributed by atoms with E-state index in [1.807, 2.05) is 13.8 Å². The lowest BCUT2D eigenvalue weighted by molar-refractivity contribution is 0.280. The first-order valence-electron chi connectivity index (χ1n) is 6.10. The summed E-state index contributed by atoms with van der Waals surface area (Å²) >= 11 is 0. The summed E-state index contributed by atoms with van der Waals surface area (Å²) in [6.07, 6.45) is 1.80. The molecule has 1 aromatic carbocycles. The first kappa shape index (κ1) is 15.1. The van der Waals surface area contributed by atoms with Gasteiger partial charge in [-0.3, -0.25) is 0 Å². The van der Waals surface area contributed by atoms with E-state index in [0.717, 1.165) is 18.4 Å². The molecule has 0 heterocycles. The second-order valence-corrected chi connectivity index (χ2v) is 6.47. The van der Waals surface area contributed by atoms with Crippen LogP contribution in [0.4, 0.5) is 0 Å². The van der Waals surface area contributed by atoms with Gasteiger partial charge in [-0.15, -0.1) is 0 Å². The summed E-state index contributed by atoms with van der Waals surface area (Å²) in [5, 5.41) is 9.18.